The van der Waals surface area contributed by atoms with Gasteiger partial charge in [0.25, 0.3) is 0 Å². The molecular formula is C13H16O2S. The first-order valence-corrected chi connectivity index (χ1v) is 6.26. The number of carbonyl (C=O) groups is 1. The van der Waals surface area contributed by atoms with E-state index < -0.39 is 0 Å². The Morgan fingerprint density at radius 3 is 2.56 bits per heavy atom. The zero-order valence-electron chi connectivity index (χ0n) is 9.60. The lowest BCUT2D eigenvalue weighted by atomic mass is 9.75. The Labute approximate surface area is 100 Å². The molecule has 0 atom stereocenters. The molecule has 1 aromatic rings. The SMILES string of the molecule is COC(=O)C1CC(C)(Sc2ccccc2)C1. The molecule has 0 bridgehead atoms. The van der Waals surface area contributed by atoms with Crippen molar-refractivity contribution in [2.75, 3.05) is 7.11 Å². The lowest BCUT2D eigenvalue weighted by Crippen LogP contribution is -2.42. The Morgan fingerprint density at radius 2 is 2.00 bits per heavy atom. The van der Waals surface area contributed by atoms with Gasteiger partial charge in [-0.15, -0.1) is 11.8 Å². The van der Waals surface area contributed by atoms with Crippen molar-refractivity contribution < 1.29 is 9.53 Å². The van der Waals surface area contributed by atoms with Gasteiger partial charge < -0.3 is 4.74 Å². The molecule has 2 rings (SSSR count). The maximum Gasteiger partial charge on any atom is 0.308 e. The van der Waals surface area contributed by atoms with Gasteiger partial charge in [0.05, 0.1) is 13.0 Å². The second-order valence-corrected chi connectivity index (χ2v) is 6.15. The van der Waals surface area contributed by atoms with Gasteiger partial charge in [0.1, 0.15) is 0 Å². The third-order valence-electron chi connectivity index (χ3n) is 3.00. The van der Waals surface area contributed by atoms with Gasteiger partial charge in [-0.3, -0.25) is 4.79 Å². The summed E-state index contributed by atoms with van der Waals surface area (Å²) < 4.78 is 4.94. The van der Waals surface area contributed by atoms with Crippen molar-refractivity contribution in [3.8, 4) is 0 Å². The smallest absolute Gasteiger partial charge is 0.308 e. The molecule has 0 aliphatic heterocycles. The topological polar surface area (TPSA) is 26.3 Å². The first kappa shape index (κ1) is 11.5. The van der Waals surface area contributed by atoms with E-state index in [9.17, 15) is 4.79 Å². The highest BCUT2D eigenvalue weighted by atomic mass is 32.2. The van der Waals surface area contributed by atoms with Crippen LogP contribution in [0.3, 0.4) is 0 Å². The first-order valence-electron chi connectivity index (χ1n) is 5.45. The van der Waals surface area contributed by atoms with E-state index in [1.54, 1.807) is 0 Å². The van der Waals surface area contributed by atoms with Crippen LogP contribution in [0.5, 0.6) is 0 Å². The van der Waals surface area contributed by atoms with Gasteiger partial charge >= 0.3 is 5.97 Å². The van der Waals surface area contributed by atoms with Crippen molar-refractivity contribution in [1.82, 2.24) is 0 Å². The lowest BCUT2D eigenvalue weighted by molar-refractivity contribution is -0.149. The van der Waals surface area contributed by atoms with Gasteiger partial charge in [-0.25, -0.2) is 0 Å². The molecule has 0 N–H and O–H groups in total. The molecule has 0 amide bonds. The predicted molar refractivity (Wildman–Crippen MR) is 65.4 cm³/mol. The molecule has 1 aliphatic carbocycles. The van der Waals surface area contributed by atoms with Crippen LogP contribution in [-0.2, 0) is 9.53 Å². The van der Waals surface area contributed by atoms with Crippen molar-refractivity contribution in [3.63, 3.8) is 0 Å². The summed E-state index contributed by atoms with van der Waals surface area (Å²) in [5.41, 5.74) is 0. The van der Waals surface area contributed by atoms with Crippen LogP contribution in [0.1, 0.15) is 19.8 Å². The first-order chi connectivity index (χ1) is 7.63. The summed E-state index contributed by atoms with van der Waals surface area (Å²) in [5.74, 6) is 0.0392. The Bertz CT molecular complexity index is 369. The van der Waals surface area contributed by atoms with E-state index in [4.69, 9.17) is 4.74 Å². The summed E-state index contributed by atoms with van der Waals surface area (Å²) in [4.78, 5) is 12.6. The molecule has 0 aromatic heterocycles. The minimum absolute atomic E-state index is 0.0638. The highest BCUT2D eigenvalue weighted by molar-refractivity contribution is 8.00. The summed E-state index contributed by atoms with van der Waals surface area (Å²) in [5, 5.41) is 0. The Kier molecular flexibility index (Phi) is 3.24. The fraction of sp³-hybridized carbons (Fsp3) is 0.462. The second-order valence-electron chi connectivity index (χ2n) is 4.49. The van der Waals surface area contributed by atoms with Crippen molar-refractivity contribution in [2.24, 2.45) is 5.92 Å². The second kappa shape index (κ2) is 4.50. The normalized spacial score (nSPS) is 28.2. The predicted octanol–water partition coefficient (Wildman–Crippen LogP) is 3.12. The molecule has 1 aromatic carbocycles. The average Bonchev–Trinajstić information content (AvgIpc) is 2.26. The number of thioether (sulfide) groups is 1. The Morgan fingerprint density at radius 1 is 1.38 bits per heavy atom. The van der Waals surface area contributed by atoms with Crippen LogP contribution in [0.15, 0.2) is 35.2 Å². The molecule has 0 spiro atoms. The highest BCUT2D eigenvalue weighted by Gasteiger charge is 2.45. The molecule has 86 valence electrons. The molecule has 3 heteroatoms. The number of benzene rings is 1. The number of carbonyl (C=O) groups excluding carboxylic acids is 1. The maximum atomic E-state index is 11.3. The van der Waals surface area contributed by atoms with Crippen LogP contribution in [0.25, 0.3) is 0 Å². The fourth-order valence-corrected chi connectivity index (χ4v) is 3.60. The van der Waals surface area contributed by atoms with Crippen LogP contribution in [-0.4, -0.2) is 17.8 Å². The van der Waals surface area contributed by atoms with E-state index in [0.29, 0.717) is 0 Å². The molecule has 0 saturated heterocycles. The molecule has 0 unspecified atom stereocenters. The summed E-state index contributed by atoms with van der Waals surface area (Å²) >= 11 is 1.86. The molecule has 0 heterocycles. The number of hydrogen-bond donors (Lipinski definition) is 0. The van der Waals surface area contributed by atoms with E-state index in [-0.39, 0.29) is 16.6 Å². The van der Waals surface area contributed by atoms with Crippen LogP contribution < -0.4 is 0 Å². The third-order valence-corrected chi connectivity index (χ3v) is 4.33. The van der Waals surface area contributed by atoms with Gasteiger partial charge in [0, 0.05) is 9.64 Å². The van der Waals surface area contributed by atoms with E-state index >= 15 is 0 Å². The molecule has 0 radical (unpaired) electrons. The van der Waals surface area contributed by atoms with E-state index in [1.165, 1.54) is 12.0 Å². The number of rotatable bonds is 3. The molecule has 1 fully saturated rings. The van der Waals surface area contributed by atoms with Crippen molar-refractivity contribution in [2.45, 2.75) is 29.4 Å². The van der Waals surface area contributed by atoms with Gasteiger partial charge in [-0.05, 0) is 25.0 Å². The molecule has 2 nitrogen and oxygen atoms in total. The number of methoxy groups -OCH3 is 1. The lowest BCUT2D eigenvalue weighted by Gasteiger charge is -2.43. The summed E-state index contributed by atoms with van der Waals surface area (Å²) in [6.07, 6.45) is 1.83. The minimum Gasteiger partial charge on any atom is -0.469 e. The van der Waals surface area contributed by atoms with Gasteiger partial charge in [0.2, 0.25) is 0 Å². The Balaban J connectivity index is 1.91. The highest BCUT2D eigenvalue weighted by Crippen LogP contribution is 2.50. The molecule has 1 saturated carbocycles. The van der Waals surface area contributed by atoms with E-state index in [1.807, 2.05) is 30.0 Å². The van der Waals surface area contributed by atoms with Gasteiger partial charge in [-0.1, -0.05) is 25.1 Å². The quantitative estimate of drug-likeness (QED) is 0.754. The van der Waals surface area contributed by atoms with Crippen LogP contribution >= 0.6 is 11.8 Å². The minimum atomic E-state index is -0.0638. The number of hydrogen-bond acceptors (Lipinski definition) is 3. The summed E-state index contributed by atoms with van der Waals surface area (Å²) in [6.45, 7) is 2.21. The third kappa shape index (κ3) is 2.40. The standard InChI is InChI=1S/C13H16O2S/c1-13(8-10(9-13)12(14)15-2)16-11-6-4-3-5-7-11/h3-7,10H,8-9H2,1-2H3. The summed E-state index contributed by atoms with van der Waals surface area (Å²) in [7, 11) is 1.46. The molecule has 1 aliphatic rings. The Hall–Kier alpha value is -0.960. The number of esters is 1. The fourth-order valence-electron chi connectivity index (χ4n) is 2.17. The van der Waals surface area contributed by atoms with Crippen molar-refractivity contribution in [3.05, 3.63) is 30.3 Å². The zero-order valence-corrected chi connectivity index (χ0v) is 10.4. The van der Waals surface area contributed by atoms with Gasteiger partial charge in [0.15, 0.2) is 0 Å². The maximum absolute atomic E-state index is 11.3. The molecular weight excluding hydrogens is 220 g/mol. The van der Waals surface area contributed by atoms with Crippen molar-refractivity contribution in [1.29, 1.82) is 0 Å². The van der Waals surface area contributed by atoms with Crippen molar-refractivity contribution >= 4 is 17.7 Å². The van der Waals surface area contributed by atoms with Gasteiger partial charge in [-0.2, -0.15) is 0 Å². The zero-order chi connectivity index (χ0) is 11.6. The van der Waals surface area contributed by atoms with Crippen LogP contribution in [0.2, 0.25) is 0 Å². The van der Waals surface area contributed by atoms with E-state index in [0.717, 1.165) is 12.8 Å². The monoisotopic (exact) mass is 236 g/mol. The average molecular weight is 236 g/mol. The van der Waals surface area contributed by atoms with Crippen LogP contribution in [0, 0.1) is 5.92 Å². The molecule has 16 heavy (non-hydrogen) atoms. The summed E-state index contributed by atoms with van der Waals surface area (Å²) in [6, 6.07) is 10.3. The largest absolute Gasteiger partial charge is 0.469 e. The number of ether oxygens (including phenoxy) is 1. The van der Waals surface area contributed by atoms with E-state index in [2.05, 4.69) is 19.1 Å². The van der Waals surface area contributed by atoms with Crippen LogP contribution in [0.4, 0.5) is 0 Å².